The van der Waals surface area contributed by atoms with Crippen molar-refractivity contribution in [1.82, 2.24) is 0 Å². The standard InChI is InChI=1S/C14H24O3/c1-13(2,3)17-11-6-5-9-12(16)10(15)7-8-14(9,11)4/h5,10-12,15-16H,6-8H2,1-4H3/t10-,11+,12-,14+/m1/s1. The van der Waals surface area contributed by atoms with Crippen molar-refractivity contribution < 1.29 is 14.9 Å². The van der Waals surface area contributed by atoms with Crippen molar-refractivity contribution in [1.29, 1.82) is 0 Å². The van der Waals surface area contributed by atoms with Gasteiger partial charge in [-0.1, -0.05) is 13.0 Å². The van der Waals surface area contributed by atoms with E-state index in [0.717, 1.165) is 18.4 Å². The Morgan fingerprint density at radius 3 is 2.59 bits per heavy atom. The lowest BCUT2D eigenvalue weighted by molar-refractivity contribution is -0.115. The molecule has 0 heterocycles. The van der Waals surface area contributed by atoms with E-state index in [4.69, 9.17) is 4.74 Å². The third-order valence-corrected chi connectivity index (χ3v) is 4.06. The number of rotatable bonds is 1. The Bertz CT molecular complexity index is 329. The van der Waals surface area contributed by atoms with Gasteiger partial charge in [-0.2, -0.15) is 0 Å². The zero-order chi connectivity index (χ0) is 12.8. The van der Waals surface area contributed by atoms with Crippen molar-refractivity contribution in [2.24, 2.45) is 5.41 Å². The second kappa shape index (κ2) is 4.08. The molecule has 0 aliphatic heterocycles. The molecule has 2 rings (SSSR count). The molecule has 2 aliphatic rings. The highest BCUT2D eigenvalue weighted by Crippen LogP contribution is 2.50. The molecule has 98 valence electrons. The van der Waals surface area contributed by atoms with Gasteiger partial charge in [0.25, 0.3) is 0 Å². The van der Waals surface area contributed by atoms with Crippen LogP contribution in [0.4, 0.5) is 0 Å². The summed E-state index contributed by atoms with van der Waals surface area (Å²) in [7, 11) is 0. The Morgan fingerprint density at radius 1 is 1.35 bits per heavy atom. The second-order valence-corrected chi connectivity index (χ2v) is 6.58. The molecular formula is C14H24O3. The molecule has 2 N–H and O–H groups in total. The van der Waals surface area contributed by atoms with E-state index >= 15 is 0 Å². The van der Waals surface area contributed by atoms with Crippen molar-refractivity contribution in [3.63, 3.8) is 0 Å². The summed E-state index contributed by atoms with van der Waals surface area (Å²) in [6.07, 6.45) is 3.25. The van der Waals surface area contributed by atoms with Gasteiger partial charge in [-0.25, -0.2) is 0 Å². The molecule has 3 nitrogen and oxygen atoms in total. The molecule has 4 atom stereocenters. The average molecular weight is 240 g/mol. The van der Waals surface area contributed by atoms with Crippen LogP contribution in [0.3, 0.4) is 0 Å². The maximum atomic E-state index is 10.1. The minimum atomic E-state index is -0.706. The minimum Gasteiger partial charge on any atom is -0.390 e. The fraction of sp³-hybridized carbons (Fsp3) is 0.857. The van der Waals surface area contributed by atoms with Crippen molar-refractivity contribution in [3.05, 3.63) is 11.6 Å². The summed E-state index contributed by atoms with van der Waals surface area (Å²) in [5.41, 5.74) is 0.703. The fourth-order valence-electron chi connectivity index (χ4n) is 3.09. The molecule has 3 heteroatoms. The topological polar surface area (TPSA) is 49.7 Å². The maximum Gasteiger partial charge on any atom is 0.101 e. The number of hydrogen-bond donors (Lipinski definition) is 2. The van der Waals surface area contributed by atoms with E-state index in [9.17, 15) is 10.2 Å². The predicted octanol–water partition coefficient (Wildman–Crippen LogP) is 2.02. The highest BCUT2D eigenvalue weighted by molar-refractivity contribution is 5.30. The minimum absolute atomic E-state index is 0.105. The molecule has 2 aliphatic carbocycles. The lowest BCUT2D eigenvalue weighted by Gasteiger charge is -2.44. The summed E-state index contributed by atoms with van der Waals surface area (Å²) < 4.78 is 6.11. The molecular weight excluding hydrogens is 216 g/mol. The lowest BCUT2D eigenvalue weighted by Crippen LogP contribution is -2.46. The molecule has 17 heavy (non-hydrogen) atoms. The van der Waals surface area contributed by atoms with Crippen LogP contribution in [0.1, 0.15) is 47.0 Å². The Morgan fingerprint density at radius 2 is 2.00 bits per heavy atom. The van der Waals surface area contributed by atoms with E-state index < -0.39 is 12.2 Å². The van der Waals surface area contributed by atoms with Crippen LogP contribution >= 0.6 is 0 Å². The number of fused-ring (bicyclic) bond motifs is 1. The van der Waals surface area contributed by atoms with Gasteiger partial charge in [0.15, 0.2) is 0 Å². The third kappa shape index (κ3) is 2.28. The maximum absolute atomic E-state index is 10.1. The quantitative estimate of drug-likeness (QED) is 0.689. The van der Waals surface area contributed by atoms with Gasteiger partial charge in [-0.05, 0) is 45.6 Å². The van der Waals surface area contributed by atoms with Crippen LogP contribution in [0.2, 0.25) is 0 Å². The van der Waals surface area contributed by atoms with Gasteiger partial charge in [-0.3, -0.25) is 0 Å². The van der Waals surface area contributed by atoms with Gasteiger partial charge in [0.1, 0.15) is 6.10 Å². The van der Waals surface area contributed by atoms with Crippen LogP contribution in [0.25, 0.3) is 0 Å². The first-order chi connectivity index (χ1) is 7.74. The van der Waals surface area contributed by atoms with Crippen LogP contribution in [-0.4, -0.2) is 34.1 Å². The van der Waals surface area contributed by atoms with Gasteiger partial charge in [0.05, 0.1) is 17.8 Å². The zero-order valence-electron chi connectivity index (χ0n) is 11.2. The number of aliphatic hydroxyl groups excluding tert-OH is 2. The lowest BCUT2D eigenvalue weighted by atomic mass is 9.69. The molecule has 0 aromatic rings. The van der Waals surface area contributed by atoms with Crippen molar-refractivity contribution in [3.8, 4) is 0 Å². The zero-order valence-corrected chi connectivity index (χ0v) is 11.2. The first-order valence-electron chi connectivity index (χ1n) is 6.48. The molecule has 1 fully saturated rings. The van der Waals surface area contributed by atoms with E-state index in [-0.39, 0.29) is 17.1 Å². The first-order valence-corrected chi connectivity index (χ1v) is 6.48. The van der Waals surface area contributed by atoms with Gasteiger partial charge in [0.2, 0.25) is 0 Å². The van der Waals surface area contributed by atoms with Gasteiger partial charge >= 0.3 is 0 Å². The van der Waals surface area contributed by atoms with Crippen LogP contribution < -0.4 is 0 Å². The van der Waals surface area contributed by atoms with E-state index in [0.29, 0.717) is 6.42 Å². The summed E-state index contributed by atoms with van der Waals surface area (Å²) in [5.74, 6) is 0. The van der Waals surface area contributed by atoms with Crippen LogP contribution in [0, 0.1) is 5.41 Å². The van der Waals surface area contributed by atoms with Crippen LogP contribution in [0.5, 0.6) is 0 Å². The van der Waals surface area contributed by atoms with Crippen LogP contribution in [-0.2, 0) is 4.74 Å². The third-order valence-electron chi connectivity index (χ3n) is 4.06. The van der Waals surface area contributed by atoms with E-state index in [1.54, 1.807) is 0 Å². The monoisotopic (exact) mass is 240 g/mol. The molecule has 0 unspecified atom stereocenters. The van der Waals surface area contributed by atoms with Crippen molar-refractivity contribution in [2.75, 3.05) is 0 Å². The molecule has 0 saturated heterocycles. The summed E-state index contributed by atoms with van der Waals surface area (Å²) >= 11 is 0. The Hall–Kier alpha value is -0.380. The molecule has 0 bridgehead atoms. The van der Waals surface area contributed by atoms with E-state index in [2.05, 4.69) is 33.8 Å². The smallest absolute Gasteiger partial charge is 0.101 e. The average Bonchev–Trinajstić information content (AvgIpc) is 2.50. The SMILES string of the molecule is CC(C)(C)O[C@H]1CC=C2[C@@H](O)[C@H](O)CC[C@@]21C. The number of hydrogen-bond acceptors (Lipinski definition) is 3. The van der Waals surface area contributed by atoms with Crippen molar-refractivity contribution in [2.45, 2.75) is 70.9 Å². The predicted molar refractivity (Wildman–Crippen MR) is 66.7 cm³/mol. The molecule has 0 amide bonds. The Balaban J connectivity index is 2.18. The molecule has 0 aromatic carbocycles. The normalized spacial score (nSPS) is 42.2. The number of ether oxygens (including phenoxy) is 1. The molecule has 1 saturated carbocycles. The fourth-order valence-corrected chi connectivity index (χ4v) is 3.09. The van der Waals surface area contributed by atoms with E-state index in [1.807, 2.05) is 0 Å². The molecule has 0 radical (unpaired) electrons. The summed E-state index contributed by atoms with van der Waals surface area (Å²) in [6, 6.07) is 0. The summed E-state index contributed by atoms with van der Waals surface area (Å²) in [5, 5.41) is 19.8. The number of aliphatic hydroxyl groups is 2. The Kier molecular flexibility index (Phi) is 3.13. The highest BCUT2D eigenvalue weighted by atomic mass is 16.5. The van der Waals surface area contributed by atoms with Crippen LogP contribution in [0.15, 0.2) is 11.6 Å². The largest absolute Gasteiger partial charge is 0.390 e. The van der Waals surface area contributed by atoms with Gasteiger partial charge in [-0.15, -0.1) is 0 Å². The van der Waals surface area contributed by atoms with Gasteiger partial charge < -0.3 is 14.9 Å². The molecule has 0 spiro atoms. The first kappa shape index (κ1) is 13.1. The summed E-state index contributed by atoms with van der Waals surface area (Å²) in [4.78, 5) is 0. The highest BCUT2D eigenvalue weighted by Gasteiger charge is 2.49. The second-order valence-electron chi connectivity index (χ2n) is 6.58. The van der Waals surface area contributed by atoms with E-state index in [1.165, 1.54) is 0 Å². The van der Waals surface area contributed by atoms with Gasteiger partial charge in [0, 0.05) is 5.41 Å². The van der Waals surface area contributed by atoms with Crippen molar-refractivity contribution >= 4 is 0 Å². The summed E-state index contributed by atoms with van der Waals surface area (Å²) in [6.45, 7) is 8.32. The Labute approximate surface area is 103 Å². The molecule has 0 aromatic heterocycles.